The van der Waals surface area contributed by atoms with Gasteiger partial charge in [-0.2, -0.15) is 0 Å². The molecule has 1 aromatic rings. The lowest BCUT2D eigenvalue weighted by atomic mass is 10.2. The van der Waals surface area contributed by atoms with E-state index in [4.69, 9.17) is 14.2 Å². The first-order valence-corrected chi connectivity index (χ1v) is 6.26. The van der Waals surface area contributed by atoms with E-state index in [2.05, 4.69) is 12.1 Å². The average molecular weight is 236 g/mol. The second kappa shape index (κ2) is 7.43. The molecule has 0 aromatic heterocycles. The Morgan fingerprint density at radius 2 is 1.82 bits per heavy atom. The minimum atomic E-state index is 0.369. The Hall–Kier alpha value is -0.900. The van der Waals surface area contributed by atoms with Crippen LogP contribution in [0.1, 0.15) is 18.4 Å². The van der Waals surface area contributed by atoms with E-state index < -0.39 is 0 Å². The van der Waals surface area contributed by atoms with Crippen molar-refractivity contribution in [3.05, 3.63) is 35.9 Å². The minimum absolute atomic E-state index is 0.369. The molecule has 0 bridgehead atoms. The van der Waals surface area contributed by atoms with E-state index in [0.717, 1.165) is 26.4 Å². The fraction of sp³-hybridized carbons (Fsp3) is 0.571. The van der Waals surface area contributed by atoms with E-state index in [1.807, 2.05) is 18.2 Å². The van der Waals surface area contributed by atoms with Crippen LogP contribution >= 0.6 is 0 Å². The Morgan fingerprint density at radius 3 is 2.35 bits per heavy atom. The normalized spacial score (nSPS) is 21.8. The summed E-state index contributed by atoms with van der Waals surface area (Å²) in [6, 6.07) is 10.2. The van der Waals surface area contributed by atoms with Crippen LogP contribution in [0.25, 0.3) is 0 Å². The van der Waals surface area contributed by atoms with Gasteiger partial charge >= 0.3 is 0 Å². The Bertz CT molecular complexity index is 284. The maximum atomic E-state index is 5.42. The number of epoxide rings is 1. The second-order valence-corrected chi connectivity index (χ2v) is 4.28. The van der Waals surface area contributed by atoms with Crippen LogP contribution in [-0.2, 0) is 20.8 Å². The second-order valence-electron chi connectivity index (χ2n) is 4.28. The van der Waals surface area contributed by atoms with Crippen molar-refractivity contribution in [1.29, 1.82) is 0 Å². The van der Waals surface area contributed by atoms with Gasteiger partial charge in [-0.15, -0.1) is 0 Å². The molecule has 0 amide bonds. The molecule has 2 aliphatic heterocycles. The number of rotatable bonds is 4. The lowest BCUT2D eigenvalue weighted by molar-refractivity contribution is 0.104. The number of ether oxygens (including phenoxy) is 3. The van der Waals surface area contributed by atoms with Crippen molar-refractivity contribution >= 4 is 0 Å². The van der Waals surface area contributed by atoms with Gasteiger partial charge in [-0.3, -0.25) is 0 Å². The summed E-state index contributed by atoms with van der Waals surface area (Å²) in [5, 5.41) is 0. The molecular weight excluding hydrogens is 216 g/mol. The predicted octanol–water partition coefficient (Wildman–Crippen LogP) is 2.40. The molecule has 0 radical (unpaired) electrons. The third-order valence-electron chi connectivity index (χ3n) is 2.65. The molecular formula is C14H20O3. The van der Waals surface area contributed by atoms with Crippen LogP contribution in [0.2, 0.25) is 0 Å². The van der Waals surface area contributed by atoms with E-state index in [9.17, 15) is 0 Å². The molecule has 0 N–H and O–H groups in total. The summed E-state index contributed by atoms with van der Waals surface area (Å²) in [6.45, 7) is 4.30. The number of benzene rings is 1. The third-order valence-corrected chi connectivity index (χ3v) is 2.65. The zero-order chi connectivity index (χ0) is 11.8. The maximum Gasteiger partial charge on any atom is 0.104 e. The maximum absolute atomic E-state index is 5.42. The molecule has 1 atom stereocenters. The molecule has 2 heterocycles. The smallest absolute Gasteiger partial charge is 0.104 e. The van der Waals surface area contributed by atoms with E-state index in [-0.39, 0.29) is 0 Å². The van der Waals surface area contributed by atoms with Gasteiger partial charge in [0.05, 0.1) is 19.8 Å². The van der Waals surface area contributed by atoms with Crippen LogP contribution < -0.4 is 0 Å². The van der Waals surface area contributed by atoms with E-state index in [1.54, 1.807) is 0 Å². The Labute approximate surface area is 103 Å². The van der Waals surface area contributed by atoms with Gasteiger partial charge in [-0.25, -0.2) is 0 Å². The Balaban J connectivity index is 0.000000181. The van der Waals surface area contributed by atoms with E-state index in [1.165, 1.54) is 18.4 Å². The van der Waals surface area contributed by atoms with Crippen LogP contribution in [0.4, 0.5) is 0 Å². The molecule has 2 fully saturated rings. The highest BCUT2D eigenvalue weighted by atomic mass is 16.6. The Kier molecular flexibility index (Phi) is 5.49. The van der Waals surface area contributed by atoms with E-state index >= 15 is 0 Å². The van der Waals surface area contributed by atoms with Gasteiger partial charge in [-0.1, -0.05) is 30.3 Å². The quantitative estimate of drug-likeness (QED) is 0.752. The molecule has 2 aliphatic rings. The molecule has 1 aromatic carbocycles. The van der Waals surface area contributed by atoms with Gasteiger partial charge in [0, 0.05) is 13.2 Å². The first kappa shape index (κ1) is 12.6. The Morgan fingerprint density at radius 1 is 1.12 bits per heavy atom. The highest BCUT2D eigenvalue weighted by Crippen LogP contribution is 2.10. The summed E-state index contributed by atoms with van der Waals surface area (Å²) in [5.74, 6) is 0. The molecule has 2 saturated heterocycles. The SMILES string of the molecule is C1CCOC1.c1ccc(COC[C@H]2CO2)cc1. The molecule has 3 heteroatoms. The summed E-state index contributed by atoms with van der Waals surface area (Å²) in [7, 11) is 0. The molecule has 3 rings (SSSR count). The van der Waals surface area contributed by atoms with Crippen molar-refractivity contribution < 1.29 is 14.2 Å². The lowest BCUT2D eigenvalue weighted by Gasteiger charge is -2.00. The van der Waals surface area contributed by atoms with Gasteiger partial charge in [0.25, 0.3) is 0 Å². The average Bonchev–Trinajstić information content (AvgIpc) is 3.00. The standard InChI is InChI=1S/C10H12O2.C4H8O/c1-2-4-9(5-3-1)6-11-7-10-8-12-10;1-2-4-5-3-1/h1-5,10H,6-8H2;1-4H2/t10-;/m0./s1. The first-order valence-electron chi connectivity index (χ1n) is 6.26. The molecule has 17 heavy (non-hydrogen) atoms. The molecule has 3 nitrogen and oxygen atoms in total. The summed E-state index contributed by atoms with van der Waals surface area (Å²) >= 11 is 0. The number of hydrogen-bond acceptors (Lipinski definition) is 3. The predicted molar refractivity (Wildman–Crippen MR) is 65.9 cm³/mol. The van der Waals surface area contributed by atoms with Crippen LogP contribution in [0, 0.1) is 0 Å². The summed E-state index contributed by atoms with van der Waals surface area (Å²) < 4.78 is 15.4. The van der Waals surface area contributed by atoms with Crippen LogP contribution in [0.5, 0.6) is 0 Å². The van der Waals surface area contributed by atoms with Gasteiger partial charge < -0.3 is 14.2 Å². The molecule has 0 saturated carbocycles. The monoisotopic (exact) mass is 236 g/mol. The fourth-order valence-corrected chi connectivity index (χ4v) is 1.56. The van der Waals surface area contributed by atoms with Gasteiger partial charge in [0.2, 0.25) is 0 Å². The van der Waals surface area contributed by atoms with Crippen LogP contribution in [-0.4, -0.2) is 32.5 Å². The molecule has 0 unspecified atom stereocenters. The minimum Gasteiger partial charge on any atom is -0.381 e. The highest BCUT2D eigenvalue weighted by Gasteiger charge is 2.21. The summed E-state index contributed by atoms with van der Waals surface area (Å²) in [5.41, 5.74) is 1.22. The zero-order valence-electron chi connectivity index (χ0n) is 10.1. The van der Waals surface area contributed by atoms with Crippen molar-refractivity contribution in [3.63, 3.8) is 0 Å². The van der Waals surface area contributed by atoms with Crippen molar-refractivity contribution in [2.24, 2.45) is 0 Å². The van der Waals surface area contributed by atoms with E-state index in [0.29, 0.717) is 12.7 Å². The molecule has 0 aliphatic carbocycles. The van der Waals surface area contributed by atoms with Crippen molar-refractivity contribution in [2.75, 3.05) is 26.4 Å². The summed E-state index contributed by atoms with van der Waals surface area (Å²) in [6.07, 6.45) is 2.92. The number of hydrogen-bond donors (Lipinski definition) is 0. The van der Waals surface area contributed by atoms with Crippen molar-refractivity contribution in [3.8, 4) is 0 Å². The molecule has 94 valence electrons. The largest absolute Gasteiger partial charge is 0.381 e. The highest BCUT2D eigenvalue weighted by molar-refractivity contribution is 5.13. The van der Waals surface area contributed by atoms with Crippen molar-refractivity contribution in [2.45, 2.75) is 25.6 Å². The lowest BCUT2D eigenvalue weighted by Crippen LogP contribution is -2.00. The van der Waals surface area contributed by atoms with Gasteiger partial charge in [0.15, 0.2) is 0 Å². The van der Waals surface area contributed by atoms with Crippen LogP contribution in [0.3, 0.4) is 0 Å². The van der Waals surface area contributed by atoms with Crippen LogP contribution in [0.15, 0.2) is 30.3 Å². The first-order chi connectivity index (χ1) is 8.45. The third kappa shape index (κ3) is 5.82. The van der Waals surface area contributed by atoms with Gasteiger partial charge in [-0.05, 0) is 18.4 Å². The fourth-order valence-electron chi connectivity index (χ4n) is 1.56. The van der Waals surface area contributed by atoms with Gasteiger partial charge in [0.1, 0.15) is 6.10 Å². The topological polar surface area (TPSA) is 31.0 Å². The summed E-state index contributed by atoms with van der Waals surface area (Å²) in [4.78, 5) is 0. The molecule has 0 spiro atoms. The zero-order valence-corrected chi connectivity index (χ0v) is 10.1. The van der Waals surface area contributed by atoms with Crippen molar-refractivity contribution in [1.82, 2.24) is 0 Å².